The minimum absolute atomic E-state index is 0.101. The van der Waals surface area contributed by atoms with Gasteiger partial charge < -0.3 is 9.88 Å². The normalized spacial score (nSPS) is 18.7. The van der Waals surface area contributed by atoms with Crippen LogP contribution in [0.5, 0.6) is 0 Å². The number of rotatable bonds is 4. The molecule has 0 spiro atoms. The van der Waals surface area contributed by atoms with Gasteiger partial charge >= 0.3 is 0 Å². The van der Waals surface area contributed by atoms with Crippen LogP contribution >= 0.6 is 11.3 Å². The summed E-state index contributed by atoms with van der Waals surface area (Å²) in [5.41, 5.74) is 0.630. The number of thiophene rings is 1. The molecule has 0 aliphatic carbocycles. The summed E-state index contributed by atoms with van der Waals surface area (Å²) in [5.74, 6) is -0.101. The molecule has 3 heterocycles. The van der Waals surface area contributed by atoms with Gasteiger partial charge in [-0.15, -0.1) is 11.3 Å². The average molecular weight is 334 g/mol. The molecule has 2 aromatic heterocycles. The standard InChI is InChI=1S/C16H22N4O2S/c1-4-20-7-5-6-11(20)8-17-14(21)13-10(2)12-15(23-13)18-9-19(3)16(12)22/h9,11H,4-8H2,1-3H3,(H,17,21). The van der Waals surface area contributed by atoms with Gasteiger partial charge in [-0.25, -0.2) is 4.98 Å². The molecule has 1 fully saturated rings. The van der Waals surface area contributed by atoms with Crippen molar-refractivity contribution >= 4 is 27.5 Å². The predicted molar refractivity (Wildman–Crippen MR) is 92.2 cm³/mol. The molecule has 1 N–H and O–H groups in total. The molecule has 0 radical (unpaired) electrons. The second-order valence-corrected chi connectivity index (χ2v) is 7.03. The first-order chi connectivity index (χ1) is 11.0. The van der Waals surface area contributed by atoms with Crippen LogP contribution in [0.1, 0.15) is 35.0 Å². The Bertz CT molecular complexity index is 795. The van der Waals surface area contributed by atoms with E-state index in [2.05, 4.69) is 22.1 Å². The third kappa shape index (κ3) is 2.90. The highest BCUT2D eigenvalue weighted by molar-refractivity contribution is 7.20. The van der Waals surface area contributed by atoms with Crippen LogP contribution in [0, 0.1) is 6.92 Å². The van der Waals surface area contributed by atoms with Crippen LogP contribution in [0.4, 0.5) is 0 Å². The summed E-state index contributed by atoms with van der Waals surface area (Å²) in [6.45, 7) is 6.76. The fourth-order valence-electron chi connectivity index (χ4n) is 3.26. The van der Waals surface area contributed by atoms with Crippen molar-refractivity contribution < 1.29 is 4.79 Å². The van der Waals surface area contributed by atoms with Crippen molar-refractivity contribution in [3.8, 4) is 0 Å². The Morgan fingerprint density at radius 1 is 1.52 bits per heavy atom. The van der Waals surface area contributed by atoms with Crippen molar-refractivity contribution in [2.45, 2.75) is 32.7 Å². The maximum absolute atomic E-state index is 12.5. The van der Waals surface area contributed by atoms with Crippen molar-refractivity contribution in [2.75, 3.05) is 19.6 Å². The first kappa shape index (κ1) is 16.1. The highest BCUT2D eigenvalue weighted by Gasteiger charge is 2.24. The SMILES string of the molecule is CCN1CCCC1CNC(=O)c1sc2ncn(C)c(=O)c2c1C. The smallest absolute Gasteiger partial charge is 0.262 e. The highest BCUT2D eigenvalue weighted by atomic mass is 32.1. The molecule has 2 aromatic rings. The molecular formula is C16H22N4O2S. The van der Waals surface area contributed by atoms with E-state index in [0.29, 0.717) is 27.7 Å². The molecule has 6 nitrogen and oxygen atoms in total. The lowest BCUT2D eigenvalue weighted by Crippen LogP contribution is -2.40. The Morgan fingerprint density at radius 3 is 3.04 bits per heavy atom. The molecule has 1 atom stereocenters. The first-order valence-corrected chi connectivity index (χ1v) is 8.81. The van der Waals surface area contributed by atoms with E-state index in [4.69, 9.17) is 0 Å². The molecule has 124 valence electrons. The summed E-state index contributed by atoms with van der Waals surface area (Å²) < 4.78 is 1.45. The van der Waals surface area contributed by atoms with E-state index in [1.807, 2.05) is 6.92 Å². The zero-order chi connectivity index (χ0) is 16.6. The van der Waals surface area contributed by atoms with Crippen LogP contribution in [-0.4, -0.2) is 46.0 Å². The number of nitrogens with one attached hydrogen (secondary N) is 1. The van der Waals surface area contributed by atoms with E-state index in [-0.39, 0.29) is 11.5 Å². The number of likely N-dealkylation sites (tertiary alicyclic amines) is 1. The molecule has 1 aliphatic heterocycles. The average Bonchev–Trinajstić information content (AvgIpc) is 3.13. The number of carbonyl (C=O) groups excluding carboxylic acids is 1. The minimum Gasteiger partial charge on any atom is -0.350 e. The van der Waals surface area contributed by atoms with Gasteiger partial charge in [0.2, 0.25) is 0 Å². The molecule has 0 bridgehead atoms. The lowest BCUT2D eigenvalue weighted by Gasteiger charge is -2.22. The lowest BCUT2D eigenvalue weighted by molar-refractivity contribution is 0.0945. The van der Waals surface area contributed by atoms with Gasteiger partial charge in [-0.2, -0.15) is 0 Å². The topological polar surface area (TPSA) is 67.2 Å². The Kier molecular flexibility index (Phi) is 4.50. The Hall–Kier alpha value is -1.73. The predicted octanol–water partition coefficient (Wildman–Crippen LogP) is 1.52. The number of aromatic nitrogens is 2. The van der Waals surface area contributed by atoms with E-state index in [1.54, 1.807) is 7.05 Å². The maximum Gasteiger partial charge on any atom is 0.262 e. The van der Waals surface area contributed by atoms with Crippen molar-refractivity contribution in [3.63, 3.8) is 0 Å². The number of likely N-dealkylation sites (N-methyl/N-ethyl adjacent to an activating group) is 1. The van der Waals surface area contributed by atoms with Gasteiger partial charge in [-0.3, -0.25) is 14.5 Å². The van der Waals surface area contributed by atoms with Crippen molar-refractivity contribution in [1.29, 1.82) is 0 Å². The van der Waals surface area contributed by atoms with Crippen LogP contribution in [0.2, 0.25) is 0 Å². The molecule has 3 rings (SSSR count). The number of amides is 1. The summed E-state index contributed by atoms with van der Waals surface area (Å²) in [4.78, 5) is 32.6. The highest BCUT2D eigenvalue weighted by Crippen LogP contribution is 2.26. The van der Waals surface area contributed by atoms with Crippen LogP contribution in [-0.2, 0) is 7.05 Å². The van der Waals surface area contributed by atoms with Gasteiger partial charge in [0.05, 0.1) is 16.6 Å². The second-order valence-electron chi connectivity index (χ2n) is 6.03. The zero-order valence-electron chi connectivity index (χ0n) is 13.8. The van der Waals surface area contributed by atoms with Crippen LogP contribution in [0.25, 0.3) is 10.2 Å². The van der Waals surface area contributed by atoms with Crippen molar-refractivity contribution in [1.82, 2.24) is 19.8 Å². The fraction of sp³-hybridized carbons (Fsp3) is 0.562. The quantitative estimate of drug-likeness (QED) is 0.920. The van der Waals surface area contributed by atoms with Gasteiger partial charge in [-0.05, 0) is 38.4 Å². The fourth-order valence-corrected chi connectivity index (χ4v) is 4.31. The number of carbonyl (C=O) groups is 1. The molecule has 1 saturated heterocycles. The molecule has 0 aromatic carbocycles. The number of hydrogen-bond acceptors (Lipinski definition) is 5. The van der Waals surface area contributed by atoms with Crippen molar-refractivity contribution in [2.24, 2.45) is 7.05 Å². The molecular weight excluding hydrogens is 312 g/mol. The lowest BCUT2D eigenvalue weighted by atomic mass is 10.2. The number of aryl methyl sites for hydroxylation is 2. The number of hydrogen-bond donors (Lipinski definition) is 1. The third-order valence-electron chi connectivity index (χ3n) is 4.62. The monoisotopic (exact) mass is 334 g/mol. The van der Waals surface area contributed by atoms with Crippen LogP contribution in [0.15, 0.2) is 11.1 Å². The van der Waals surface area contributed by atoms with E-state index in [1.165, 1.54) is 28.7 Å². The van der Waals surface area contributed by atoms with Gasteiger partial charge in [0.15, 0.2) is 0 Å². The van der Waals surface area contributed by atoms with E-state index >= 15 is 0 Å². The number of fused-ring (bicyclic) bond motifs is 1. The molecule has 0 saturated carbocycles. The second kappa shape index (κ2) is 6.41. The van der Waals surface area contributed by atoms with E-state index < -0.39 is 0 Å². The van der Waals surface area contributed by atoms with E-state index in [0.717, 1.165) is 25.1 Å². The molecule has 1 unspecified atom stereocenters. The zero-order valence-corrected chi connectivity index (χ0v) is 14.6. The van der Waals surface area contributed by atoms with Crippen molar-refractivity contribution in [3.05, 3.63) is 27.1 Å². The summed E-state index contributed by atoms with van der Waals surface area (Å²) in [6.07, 6.45) is 3.82. The Labute approximate surface area is 139 Å². The first-order valence-electron chi connectivity index (χ1n) is 8.00. The van der Waals surface area contributed by atoms with E-state index in [9.17, 15) is 9.59 Å². The minimum atomic E-state index is -0.101. The van der Waals surface area contributed by atoms with Crippen LogP contribution < -0.4 is 10.9 Å². The van der Waals surface area contributed by atoms with Gasteiger partial charge in [-0.1, -0.05) is 6.92 Å². The molecule has 1 amide bonds. The van der Waals surface area contributed by atoms with Crippen LogP contribution in [0.3, 0.4) is 0 Å². The summed E-state index contributed by atoms with van der Waals surface area (Å²) in [6, 6.07) is 0.421. The van der Waals surface area contributed by atoms with Gasteiger partial charge in [0.25, 0.3) is 11.5 Å². The molecule has 1 aliphatic rings. The third-order valence-corrected chi connectivity index (χ3v) is 5.82. The summed E-state index contributed by atoms with van der Waals surface area (Å²) >= 11 is 1.29. The summed E-state index contributed by atoms with van der Waals surface area (Å²) in [5, 5.41) is 3.59. The Morgan fingerprint density at radius 2 is 2.30 bits per heavy atom. The molecule has 7 heteroatoms. The Balaban J connectivity index is 1.80. The van der Waals surface area contributed by atoms with Gasteiger partial charge in [0.1, 0.15) is 4.83 Å². The maximum atomic E-state index is 12.5. The summed E-state index contributed by atoms with van der Waals surface area (Å²) in [7, 11) is 1.67. The number of nitrogens with zero attached hydrogens (tertiary/aromatic N) is 3. The van der Waals surface area contributed by atoms with Gasteiger partial charge in [0, 0.05) is 19.6 Å². The molecule has 23 heavy (non-hydrogen) atoms. The largest absolute Gasteiger partial charge is 0.350 e.